The summed E-state index contributed by atoms with van der Waals surface area (Å²) in [5.41, 5.74) is 1.02. The summed E-state index contributed by atoms with van der Waals surface area (Å²) in [6.07, 6.45) is 3.27. The molecule has 0 fully saturated rings. The summed E-state index contributed by atoms with van der Waals surface area (Å²) in [7, 11) is -1.56. The van der Waals surface area contributed by atoms with Crippen LogP contribution in [0.15, 0.2) is 5.16 Å². The second-order valence-electron chi connectivity index (χ2n) is 4.27. The number of rotatable bonds is 6. The van der Waals surface area contributed by atoms with Gasteiger partial charge in [0.1, 0.15) is 0 Å². The molecule has 0 aromatic carbocycles. The number of hydrogen-bond acceptors (Lipinski definition) is 3. The summed E-state index contributed by atoms with van der Waals surface area (Å²) >= 11 is 0. The van der Waals surface area contributed by atoms with Crippen LogP contribution in [0.2, 0.25) is 19.6 Å². The molecule has 0 aliphatic rings. The van der Waals surface area contributed by atoms with Crippen molar-refractivity contribution in [2.75, 3.05) is 0 Å². The summed E-state index contributed by atoms with van der Waals surface area (Å²) < 4.78 is 5.46. The van der Waals surface area contributed by atoms with Crippen LogP contribution >= 0.6 is 0 Å². The molecule has 0 unspecified atom stereocenters. The summed E-state index contributed by atoms with van der Waals surface area (Å²) in [4.78, 5) is 0. The third kappa shape index (κ3) is 7.81. The van der Waals surface area contributed by atoms with Gasteiger partial charge in [-0.2, -0.15) is 5.26 Å². The molecule has 0 aliphatic heterocycles. The molecule has 4 heteroatoms. The SMILES string of the molecule is CCC/C(CCC#N)=N\O[Si](C)(C)C. The van der Waals surface area contributed by atoms with Crippen LogP contribution in [0.25, 0.3) is 0 Å². The van der Waals surface area contributed by atoms with Crippen LogP contribution in [-0.4, -0.2) is 14.0 Å². The maximum Gasteiger partial charge on any atom is 0.278 e. The van der Waals surface area contributed by atoms with Crippen molar-refractivity contribution in [3.63, 3.8) is 0 Å². The topological polar surface area (TPSA) is 45.4 Å². The van der Waals surface area contributed by atoms with E-state index in [0.29, 0.717) is 6.42 Å². The van der Waals surface area contributed by atoms with E-state index in [9.17, 15) is 0 Å². The molecule has 14 heavy (non-hydrogen) atoms. The minimum atomic E-state index is -1.56. The van der Waals surface area contributed by atoms with Gasteiger partial charge in [-0.15, -0.1) is 5.16 Å². The zero-order valence-corrected chi connectivity index (χ0v) is 10.6. The second-order valence-corrected chi connectivity index (χ2v) is 8.68. The zero-order chi connectivity index (χ0) is 11.0. The molecule has 0 atom stereocenters. The van der Waals surface area contributed by atoms with E-state index in [1.54, 1.807) is 0 Å². The predicted molar refractivity (Wildman–Crippen MR) is 61.6 cm³/mol. The Balaban J connectivity index is 4.12. The van der Waals surface area contributed by atoms with Crippen molar-refractivity contribution in [3.05, 3.63) is 0 Å². The number of oxime groups is 1. The standard InChI is InChI=1S/C10H20N2OSi/c1-5-7-10(8-6-9-11)12-13-14(2,3)4/h5-8H2,1-4H3/b12-10+. The third-order valence-corrected chi connectivity index (χ3v) is 2.15. The van der Waals surface area contributed by atoms with Crippen LogP contribution in [0.4, 0.5) is 0 Å². The number of hydrogen-bond donors (Lipinski definition) is 0. The summed E-state index contributed by atoms with van der Waals surface area (Å²) in [5.74, 6) is 0. The van der Waals surface area contributed by atoms with Crippen molar-refractivity contribution < 1.29 is 4.53 Å². The number of nitrogens with zero attached hydrogens (tertiary/aromatic N) is 2. The molecule has 0 N–H and O–H groups in total. The molecule has 3 nitrogen and oxygen atoms in total. The lowest BCUT2D eigenvalue weighted by Crippen LogP contribution is -2.23. The van der Waals surface area contributed by atoms with Crippen molar-refractivity contribution in [1.29, 1.82) is 5.26 Å². The lowest BCUT2D eigenvalue weighted by atomic mass is 10.1. The third-order valence-electron chi connectivity index (χ3n) is 1.51. The van der Waals surface area contributed by atoms with Gasteiger partial charge < -0.3 is 4.53 Å². The van der Waals surface area contributed by atoms with Gasteiger partial charge in [-0.05, 0) is 26.1 Å². The van der Waals surface area contributed by atoms with E-state index >= 15 is 0 Å². The number of nitriles is 1. The van der Waals surface area contributed by atoms with Crippen LogP contribution in [0, 0.1) is 11.3 Å². The highest BCUT2D eigenvalue weighted by Gasteiger charge is 2.16. The van der Waals surface area contributed by atoms with Gasteiger partial charge in [-0.3, -0.25) is 0 Å². The van der Waals surface area contributed by atoms with Gasteiger partial charge in [-0.25, -0.2) is 0 Å². The van der Waals surface area contributed by atoms with E-state index in [4.69, 9.17) is 9.79 Å². The molecule has 0 aliphatic carbocycles. The van der Waals surface area contributed by atoms with E-state index in [-0.39, 0.29) is 0 Å². The Bertz CT molecular complexity index is 225. The highest BCUT2D eigenvalue weighted by atomic mass is 28.4. The molecule has 0 amide bonds. The molecular weight excluding hydrogens is 192 g/mol. The van der Waals surface area contributed by atoms with Gasteiger partial charge in [0.2, 0.25) is 0 Å². The fourth-order valence-corrected chi connectivity index (χ4v) is 1.31. The molecule has 0 rings (SSSR count). The Kier molecular flexibility index (Phi) is 6.22. The second kappa shape index (κ2) is 6.60. The van der Waals surface area contributed by atoms with Gasteiger partial charge >= 0.3 is 0 Å². The average molecular weight is 212 g/mol. The van der Waals surface area contributed by atoms with E-state index in [2.05, 4.69) is 37.8 Å². The zero-order valence-electron chi connectivity index (χ0n) is 9.63. The van der Waals surface area contributed by atoms with Crippen LogP contribution in [0.3, 0.4) is 0 Å². The quantitative estimate of drug-likeness (QED) is 0.385. The first-order valence-electron chi connectivity index (χ1n) is 5.10. The minimum Gasteiger partial charge on any atom is -0.456 e. The van der Waals surface area contributed by atoms with Crippen LogP contribution in [0.1, 0.15) is 32.6 Å². The Morgan fingerprint density at radius 3 is 2.43 bits per heavy atom. The Morgan fingerprint density at radius 2 is 2.00 bits per heavy atom. The lowest BCUT2D eigenvalue weighted by Gasteiger charge is -2.14. The smallest absolute Gasteiger partial charge is 0.278 e. The molecule has 0 radical (unpaired) electrons. The average Bonchev–Trinajstić information content (AvgIpc) is 2.08. The van der Waals surface area contributed by atoms with E-state index in [1.165, 1.54) is 0 Å². The predicted octanol–water partition coefficient (Wildman–Crippen LogP) is 3.30. The first kappa shape index (κ1) is 13.2. The van der Waals surface area contributed by atoms with Crippen molar-refractivity contribution in [1.82, 2.24) is 0 Å². The van der Waals surface area contributed by atoms with E-state index in [1.807, 2.05) is 0 Å². The maximum atomic E-state index is 8.47. The van der Waals surface area contributed by atoms with E-state index in [0.717, 1.165) is 25.0 Å². The van der Waals surface area contributed by atoms with Crippen molar-refractivity contribution in [2.45, 2.75) is 52.2 Å². The molecule has 80 valence electrons. The first-order valence-corrected chi connectivity index (χ1v) is 8.51. The lowest BCUT2D eigenvalue weighted by molar-refractivity contribution is 0.332. The normalized spacial score (nSPS) is 12.4. The van der Waals surface area contributed by atoms with Crippen LogP contribution in [-0.2, 0) is 4.53 Å². The largest absolute Gasteiger partial charge is 0.456 e. The van der Waals surface area contributed by atoms with E-state index < -0.39 is 8.32 Å². The fourth-order valence-electron chi connectivity index (χ4n) is 0.907. The summed E-state index contributed by atoms with van der Waals surface area (Å²) in [6.45, 7) is 8.41. The van der Waals surface area contributed by atoms with Crippen molar-refractivity contribution in [2.24, 2.45) is 5.16 Å². The van der Waals surface area contributed by atoms with Crippen LogP contribution < -0.4 is 0 Å². The van der Waals surface area contributed by atoms with Gasteiger partial charge in [0.15, 0.2) is 0 Å². The highest BCUT2D eigenvalue weighted by molar-refractivity contribution is 6.69. The highest BCUT2D eigenvalue weighted by Crippen LogP contribution is 2.07. The van der Waals surface area contributed by atoms with Gasteiger partial charge in [-0.1, -0.05) is 13.3 Å². The van der Waals surface area contributed by atoms with Gasteiger partial charge in [0.25, 0.3) is 8.32 Å². The van der Waals surface area contributed by atoms with Crippen molar-refractivity contribution >= 4 is 14.0 Å². The summed E-state index contributed by atoms with van der Waals surface area (Å²) in [5, 5.41) is 12.6. The molecule has 0 bridgehead atoms. The van der Waals surface area contributed by atoms with Crippen molar-refractivity contribution in [3.8, 4) is 6.07 Å². The van der Waals surface area contributed by atoms with Gasteiger partial charge in [0.05, 0.1) is 11.8 Å². The molecule has 0 aromatic rings. The molecule has 0 spiro atoms. The fraction of sp³-hybridized carbons (Fsp3) is 0.800. The van der Waals surface area contributed by atoms with Crippen LogP contribution in [0.5, 0.6) is 0 Å². The first-order chi connectivity index (χ1) is 6.49. The summed E-state index contributed by atoms with van der Waals surface area (Å²) in [6, 6.07) is 2.13. The Hall–Kier alpha value is -0.823. The molecule has 0 heterocycles. The molecular formula is C10H20N2OSi. The Labute approximate surface area is 87.9 Å². The molecule has 0 aromatic heterocycles. The maximum absolute atomic E-state index is 8.47. The monoisotopic (exact) mass is 212 g/mol. The minimum absolute atomic E-state index is 0.536. The molecule has 0 saturated carbocycles. The van der Waals surface area contributed by atoms with Gasteiger partial charge in [0, 0.05) is 12.8 Å². The Morgan fingerprint density at radius 1 is 1.36 bits per heavy atom. The molecule has 0 saturated heterocycles.